The number of rotatable bonds is 4. The molecule has 0 radical (unpaired) electrons. The van der Waals surface area contributed by atoms with Gasteiger partial charge >= 0.3 is 0 Å². The van der Waals surface area contributed by atoms with Gasteiger partial charge in [0.15, 0.2) is 0 Å². The van der Waals surface area contributed by atoms with Gasteiger partial charge in [0, 0.05) is 11.8 Å². The van der Waals surface area contributed by atoms with Gasteiger partial charge < -0.3 is 15.1 Å². The monoisotopic (exact) mass is 481 g/mol. The molecule has 1 saturated heterocycles. The fourth-order valence-electron chi connectivity index (χ4n) is 5.11. The molecule has 0 spiro atoms. The first-order valence-corrected chi connectivity index (χ1v) is 12.3. The molecule has 0 aliphatic carbocycles. The van der Waals surface area contributed by atoms with Gasteiger partial charge in [-0.15, -0.1) is 0 Å². The Morgan fingerprint density at radius 1 is 0.972 bits per heavy atom. The molecule has 1 aromatic heterocycles. The van der Waals surface area contributed by atoms with Crippen LogP contribution < -0.4 is 10.2 Å². The summed E-state index contributed by atoms with van der Waals surface area (Å²) in [5.74, 6) is -0.551. The van der Waals surface area contributed by atoms with Gasteiger partial charge in [-0.3, -0.25) is 9.48 Å². The van der Waals surface area contributed by atoms with Gasteiger partial charge in [-0.2, -0.15) is 5.10 Å². The average Bonchev–Trinajstić information content (AvgIpc) is 3.36. The normalized spacial score (nSPS) is 16.3. The van der Waals surface area contributed by atoms with E-state index in [2.05, 4.69) is 33.2 Å². The van der Waals surface area contributed by atoms with E-state index in [1.165, 1.54) is 12.1 Å². The number of carbonyl (C=O) groups excluding carboxylic acids is 1. The number of aromatic nitrogens is 2. The van der Waals surface area contributed by atoms with E-state index in [9.17, 15) is 9.18 Å². The number of anilines is 3. The Bertz CT molecular complexity index is 1410. The van der Waals surface area contributed by atoms with Crippen molar-refractivity contribution in [1.29, 1.82) is 0 Å². The molecule has 182 valence electrons. The number of nitrogens with zero attached hydrogens (tertiary/aromatic N) is 4. The number of benzene rings is 3. The molecule has 0 unspecified atom stereocenters. The third-order valence-corrected chi connectivity index (χ3v) is 7.20. The predicted octanol–water partition coefficient (Wildman–Crippen LogP) is 5.86. The zero-order valence-electron chi connectivity index (χ0n) is 20.2. The lowest BCUT2D eigenvalue weighted by Crippen LogP contribution is -2.31. The summed E-state index contributed by atoms with van der Waals surface area (Å²) in [6.07, 6.45) is 6.11. The maximum atomic E-state index is 14.3. The summed E-state index contributed by atoms with van der Waals surface area (Å²) in [4.78, 5) is 17.9. The fraction of sp³-hybridized carbons (Fsp3) is 0.241. The van der Waals surface area contributed by atoms with Crippen molar-refractivity contribution in [2.75, 3.05) is 30.4 Å². The van der Waals surface area contributed by atoms with E-state index in [0.29, 0.717) is 35.2 Å². The topological polar surface area (TPSA) is 53.4 Å². The molecule has 2 aliphatic rings. The largest absolute Gasteiger partial charge is 0.353 e. The molecule has 1 fully saturated rings. The van der Waals surface area contributed by atoms with Gasteiger partial charge in [0.25, 0.3) is 5.91 Å². The molecule has 7 heteroatoms. The zero-order valence-corrected chi connectivity index (χ0v) is 20.2. The Balaban J connectivity index is 1.36. The number of likely N-dealkylation sites (tertiary alicyclic amines) is 1. The number of halogens is 1. The van der Waals surface area contributed by atoms with Crippen molar-refractivity contribution in [2.45, 2.75) is 25.4 Å². The molecule has 3 heterocycles. The highest BCUT2D eigenvalue weighted by Crippen LogP contribution is 2.38. The second-order valence-electron chi connectivity index (χ2n) is 9.67. The standard InChI is InChI=1S/C29H28FN5O/c1-33-13-11-24(12-14-33)35-19-22(17-31-35)21-7-9-26-25(15-21)29(36)34(18-20-5-3-2-4-6-20)28-16-23(30)8-10-27(28)32-26/h2-10,15-17,19,24,32H,11-14,18H2,1H3. The predicted molar refractivity (Wildman–Crippen MR) is 140 cm³/mol. The van der Waals surface area contributed by atoms with Crippen LogP contribution in [-0.2, 0) is 6.54 Å². The van der Waals surface area contributed by atoms with Crippen LogP contribution in [0.15, 0.2) is 79.1 Å². The number of amides is 1. The van der Waals surface area contributed by atoms with Crippen LogP contribution >= 0.6 is 0 Å². The molecule has 0 bridgehead atoms. The maximum Gasteiger partial charge on any atom is 0.260 e. The number of piperidine rings is 1. The molecular weight excluding hydrogens is 453 g/mol. The SMILES string of the molecule is CN1CCC(n2cc(-c3ccc4c(c3)C(=O)N(Cc3ccccc3)c3cc(F)ccc3N4)cn2)CC1. The second-order valence-corrected chi connectivity index (χ2v) is 9.67. The molecule has 1 N–H and O–H groups in total. The Kier molecular flexibility index (Phi) is 5.77. The zero-order chi connectivity index (χ0) is 24.6. The molecule has 0 atom stereocenters. The third kappa shape index (κ3) is 4.27. The summed E-state index contributed by atoms with van der Waals surface area (Å²) in [5.41, 5.74) is 5.35. The number of fused-ring (bicyclic) bond motifs is 2. The van der Waals surface area contributed by atoms with Crippen molar-refractivity contribution in [3.63, 3.8) is 0 Å². The van der Waals surface area contributed by atoms with Crippen LogP contribution in [0.1, 0.15) is 34.8 Å². The minimum atomic E-state index is -0.380. The van der Waals surface area contributed by atoms with Crippen molar-refractivity contribution >= 4 is 23.0 Å². The molecule has 6 rings (SSSR count). The number of nitrogens with one attached hydrogen (secondary N) is 1. The van der Waals surface area contributed by atoms with Gasteiger partial charge in [0.05, 0.1) is 41.4 Å². The van der Waals surface area contributed by atoms with Gasteiger partial charge in [0.2, 0.25) is 0 Å². The van der Waals surface area contributed by atoms with Crippen molar-refractivity contribution in [3.8, 4) is 11.1 Å². The van der Waals surface area contributed by atoms with E-state index >= 15 is 0 Å². The number of hydrogen-bond acceptors (Lipinski definition) is 4. The number of carbonyl (C=O) groups is 1. The summed E-state index contributed by atoms with van der Waals surface area (Å²) in [6, 6.07) is 20.5. The quantitative estimate of drug-likeness (QED) is 0.397. The van der Waals surface area contributed by atoms with Crippen molar-refractivity contribution in [1.82, 2.24) is 14.7 Å². The van der Waals surface area contributed by atoms with Gasteiger partial charge in [-0.25, -0.2) is 4.39 Å². The highest BCUT2D eigenvalue weighted by atomic mass is 19.1. The van der Waals surface area contributed by atoms with Gasteiger partial charge in [-0.05, 0) is 74.4 Å². The van der Waals surface area contributed by atoms with Crippen LogP contribution in [0.2, 0.25) is 0 Å². The Morgan fingerprint density at radius 3 is 2.56 bits per heavy atom. The lowest BCUT2D eigenvalue weighted by molar-refractivity contribution is 0.0986. The number of hydrogen-bond donors (Lipinski definition) is 1. The Morgan fingerprint density at radius 2 is 1.75 bits per heavy atom. The molecule has 0 saturated carbocycles. The van der Waals surface area contributed by atoms with E-state index in [-0.39, 0.29) is 11.7 Å². The Hall–Kier alpha value is -3.97. The van der Waals surface area contributed by atoms with Gasteiger partial charge in [-0.1, -0.05) is 36.4 Å². The Labute approximate surface area is 210 Å². The van der Waals surface area contributed by atoms with Crippen LogP contribution in [0.5, 0.6) is 0 Å². The van der Waals surface area contributed by atoms with E-state index in [4.69, 9.17) is 0 Å². The van der Waals surface area contributed by atoms with Crippen molar-refractivity contribution < 1.29 is 9.18 Å². The molecular formula is C29H28FN5O. The first-order chi connectivity index (χ1) is 17.5. The van der Waals surface area contributed by atoms with Gasteiger partial charge in [0.1, 0.15) is 5.82 Å². The minimum Gasteiger partial charge on any atom is -0.353 e. The average molecular weight is 482 g/mol. The van der Waals surface area contributed by atoms with Crippen LogP contribution in [0, 0.1) is 5.82 Å². The molecule has 1 amide bonds. The third-order valence-electron chi connectivity index (χ3n) is 7.20. The summed E-state index contributed by atoms with van der Waals surface area (Å²) in [5, 5.41) is 8.01. The van der Waals surface area contributed by atoms with Crippen LogP contribution in [0.25, 0.3) is 11.1 Å². The van der Waals surface area contributed by atoms with Crippen molar-refractivity contribution in [3.05, 3.63) is 96.1 Å². The van der Waals surface area contributed by atoms with E-state index < -0.39 is 0 Å². The molecule has 4 aromatic rings. The maximum absolute atomic E-state index is 14.3. The van der Waals surface area contributed by atoms with Crippen molar-refractivity contribution in [2.24, 2.45) is 0 Å². The fourth-order valence-corrected chi connectivity index (χ4v) is 5.11. The first-order valence-electron chi connectivity index (χ1n) is 12.3. The highest BCUT2D eigenvalue weighted by Gasteiger charge is 2.28. The van der Waals surface area contributed by atoms with Crippen LogP contribution in [0.3, 0.4) is 0 Å². The second kappa shape index (κ2) is 9.24. The summed E-state index contributed by atoms with van der Waals surface area (Å²) < 4.78 is 16.3. The first kappa shape index (κ1) is 22.5. The highest BCUT2D eigenvalue weighted by molar-refractivity contribution is 6.14. The van der Waals surface area contributed by atoms with Crippen LogP contribution in [-0.4, -0.2) is 40.7 Å². The molecule has 3 aromatic carbocycles. The minimum absolute atomic E-state index is 0.171. The van der Waals surface area contributed by atoms with E-state index in [1.54, 1.807) is 11.0 Å². The molecule has 6 nitrogen and oxygen atoms in total. The summed E-state index contributed by atoms with van der Waals surface area (Å²) in [7, 11) is 2.15. The van der Waals surface area contributed by atoms with E-state index in [1.807, 2.05) is 54.7 Å². The van der Waals surface area contributed by atoms with E-state index in [0.717, 1.165) is 42.6 Å². The summed E-state index contributed by atoms with van der Waals surface area (Å²) >= 11 is 0. The lowest BCUT2D eigenvalue weighted by Gasteiger charge is -2.28. The lowest BCUT2D eigenvalue weighted by atomic mass is 10.0. The molecule has 2 aliphatic heterocycles. The van der Waals surface area contributed by atoms with Crippen LogP contribution in [0.4, 0.5) is 21.5 Å². The molecule has 36 heavy (non-hydrogen) atoms. The smallest absolute Gasteiger partial charge is 0.260 e. The summed E-state index contributed by atoms with van der Waals surface area (Å²) in [6.45, 7) is 2.48.